The van der Waals surface area contributed by atoms with Gasteiger partial charge in [-0.3, -0.25) is 4.79 Å². The summed E-state index contributed by atoms with van der Waals surface area (Å²) in [4.78, 5) is 13.8. The van der Waals surface area contributed by atoms with E-state index < -0.39 is 0 Å². The van der Waals surface area contributed by atoms with E-state index in [1.54, 1.807) is 0 Å². The highest BCUT2D eigenvalue weighted by Crippen LogP contribution is 2.19. The predicted molar refractivity (Wildman–Crippen MR) is 73.5 cm³/mol. The molecule has 0 saturated carbocycles. The van der Waals surface area contributed by atoms with Crippen molar-refractivity contribution in [3.05, 3.63) is 0 Å². The lowest BCUT2D eigenvalue weighted by Gasteiger charge is -2.32. The maximum absolute atomic E-state index is 11.9. The van der Waals surface area contributed by atoms with Crippen molar-refractivity contribution in [2.24, 2.45) is 5.92 Å². The highest BCUT2D eigenvalue weighted by molar-refractivity contribution is 5.78. The number of ether oxygens (including phenoxy) is 1. The second kappa shape index (κ2) is 7.74. The summed E-state index contributed by atoms with van der Waals surface area (Å²) >= 11 is 0. The number of amides is 1. The van der Waals surface area contributed by atoms with Crippen LogP contribution >= 0.6 is 0 Å². The lowest BCUT2D eigenvalue weighted by Crippen LogP contribution is -2.45. The minimum Gasteiger partial charge on any atom is -0.378 e. The van der Waals surface area contributed by atoms with E-state index in [9.17, 15) is 4.79 Å². The zero-order valence-electron chi connectivity index (χ0n) is 12.2. The van der Waals surface area contributed by atoms with Crippen LogP contribution in [0.4, 0.5) is 0 Å². The fourth-order valence-corrected chi connectivity index (χ4v) is 2.40. The first-order valence-corrected chi connectivity index (χ1v) is 7.21. The van der Waals surface area contributed by atoms with Gasteiger partial charge in [-0.15, -0.1) is 0 Å². The van der Waals surface area contributed by atoms with Gasteiger partial charge in [0.25, 0.3) is 0 Å². The Hall–Kier alpha value is -0.610. The number of likely N-dealkylation sites (N-methyl/N-ethyl adjacent to an activating group) is 1. The van der Waals surface area contributed by atoms with Gasteiger partial charge >= 0.3 is 0 Å². The fourth-order valence-electron chi connectivity index (χ4n) is 2.40. The van der Waals surface area contributed by atoms with Gasteiger partial charge in [0.15, 0.2) is 0 Å². The molecule has 0 bridgehead atoms. The number of nitrogens with one attached hydrogen (secondary N) is 1. The van der Waals surface area contributed by atoms with E-state index in [1.165, 1.54) is 0 Å². The summed E-state index contributed by atoms with van der Waals surface area (Å²) in [6.45, 7) is 11.3. The SMILES string of the molecule is CCN(CC)C(=O)CNC1CCOC(C(C)C)C1. The topological polar surface area (TPSA) is 41.6 Å². The molecule has 1 aliphatic heterocycles. The van der Waals surface area contributed by atoms with Crippen LogP contribution in [0.5, 0.6) is 0 Å². The van der Waals surface area contributed by atoms with Crippen molar-refractivity contribution in [2.75, 3.05) is 26.2 Å². The van der Waals surface area contributed by atoms with Crippen LogP contribution in [0.2, 0.25) is 0 Å². The second-order valence-electron chi connectivity index (χ2n) is 5.32. The van der Waals surface area contributed by atoms with E-state index in [4.69, 9.17) is 4.74 Å². The van der Waals surface area contributed by atoms with E-state index in [-0.39, 0.29) is 5.91 Å². The number of hydrogen-bond acceptors (Lipinski definition) is 3. The Bertz CT molecular complexity index is 252. The number of carbonyl (C=O) groups is 1. The minimum absolute atomic E-state index is 0.201. The molecular weight excluding hydrogens is 228 g/mol. The fraction of sp³-hybridized carbons (Fsp3) is 0.929. The number of nitrogens with zero attached hydrogens (tertiary/aromatic N) is 1. The number of rotatable bonds is 6. The molecule has 0 aromatic carbocycles. The zero-order chi connectivity index (χ0) is 13.5. The Morgan fingerprint density at radius 1 is 1.39 bits per heavy atom. The van der Waals surface area contributed by atoms with Crippen molar-refractivity contribution in [3.8, 4) is 0 Å². The highest BCUT2D eigenvalue weighted by atomic mass is 16.5. The normalized spacial score (nSPS) is 24.3. The molecule has 0 spiro atoms. The molecular formula is C14H28N2O2. The average molecular weight is 256 g/mol. The maximum Gasteiger partial charge on any atom is 0.236 e. The maximum atomic E-state index is 11.9. The van der Waals surface area contributed by atoms with Crippen LogP contribution in [-0.4, -0.2) is 49.2 Å². The molecule has 4 nitrogen and oxygen atoms in total. The average Bonchev–Trinajstić information content (AvgIpc) is 2.38. The molecule has 0 aliphatic carbocycles. The molecule has 0 aromatic heterocycles. The molecule has 1 rings (SSSR count). The van der Waals surface area contributed by atoms with Gasteiger partial charge in [-0.05, 0) is 32.6 Å². The van der Waals surface area contributed by atoms with Crippen LogP contribution < -0.4 is 5.32 Å². The summed E-state index contributed by atoms with van der Waals surface area (Å²) in [6, 6.07) is 0.422. The van der Waals surface area contributed by atoms with Crippen LogP contribution in [0.15, 0.2) is 0 Å². The summed E-state index contributed by atoms with van der Waals surface area (Å²) in [7, 11) is 0. The molecule has 106 valence electrons. The van der Waals surface area contributed by atoms with Gasteiger partial charge in [-0.1, -0.05) is 13.8 Å². The van der Waals surface area contributed by atoms with E-state index in [2.05, 4.69) is 19.2 Å². The Labute approximate surface area is 111 Å². The van der Waals surface area contributed by atoms with Crippen molar-refractivity contribution in [1.82, 2.24) is 10.2 Å². The second-order valence-corrected chi connectivity index (χ2v) is 5.32. The highest BCUT2D eigenvalue weighted by Gasteiger charge is 2.25. The van der Waals surface area contributed by atoms with Crippen molar-refractivity contribution >= 4 is 5.91 Å². The molecule has 1 fully saturated rings. The van der Waals surface area contributed by atoms with Gasteiger partial charge in [0, 0.05) is 25.7 Å². The van der Waals surface area contributed by atoms with E-state index in [0.29, 0.717) is 24.6 Å². The van der Waals surface area contributed by atoms with E-state index >= 15 is 0 Å². The smallest absolute Gasteiger partial charge is 0.236 e. The van der Waals surface area contributed by atoms with Gasteiger partial charge < -0.3 is 15.0 Å². The van der Waals surface area contributed by atoms with Crippen LogP contribution in [0.1, 0.15) is 40.5 Å². The monoisotopic (exact) mass is 256 g/mol. The summed E-state index contributed by atoms with van der Waals surface area (Å²) in [5.41, 5.74) is 0. The van der Waals surface area contributed by atoms with Gasteiger partial charge in [-0.2, -0.15) is 0 Å². The van der Waals surface area contributed by atoms with Crippen molar-refractivity contribution < 1.29 is 9.53 Å². The summed E-state index contributed by atoms with van der Waals surface area (Å²) in [6.07, 6.45) is 2.36. The lowest BCUT2D eigenvalue weighted by molar-refractivity contribution is -0.130. The summed E-state index contributed by atoms with van der Waals surface area (Å²) in [5, 5.41) is 3.38. The van der Waals surface area contributed by atoms with Crippen molar-refractivity contribution in [1.29, 1.82) is 0 Å². The molecule has 2 atom stereocenters. The van der Waals surface area contributed by atoms with Gasteiger partial charge in [0.05, 0.1) is 12.6 Å². The Kier molecular flexibility index (Phi) is 6.65. The summed E-state index contributed by atoms with van der Waals surface area (Å²) < 4.78 is 5.73. The molecule has 18 heavy (non-hydrogen) atoms. The van der Waals surface area contributed by atoms with Crippen molar-refractivity contribution in [3.63, 3.8) is 0 Å². The number of hydrogen-bond donors (Lipinski definition) is 1. The third-order valence-corrected chi connectivity index (χ3v) is 3.72. The van der Waals surface area contributed by atoms with E-state index in [0.717, 1.165) is 32.5 Å². The lowest BCUT2D eigenvalue weighted by atomic mass is 9.95. The van der Waals surface area contributed by atoms with Crippen LogP contribution in [-0.2, 0) is 9.53 Å². The zero-order valence-corrected chi connectivity index (χ0v) is 12.2. The van der Waals surface area contributed by atoms with Gasteiger partial charge in [0.1, 0.15) is 0 Å². The van der Waals surface area contributed by atoms with Crippen LogP contribution in [0.25, 0.3) is 0 Å². The first-order valence-electron chi connectivity index (χ1n) is 7.21. The molecule has 0 radical (unpaired) electrons. The quantitative estimate of drug-likeness (QED) is 0.785. The van der Waals surface area contributed by atoms with Crippen molar-refractivity contribution in [2.45, 2.75) is 52.7 Å². The minimum atomic E-state index is 0.201. The standard InChI is InChI=1S/C14H28N2O2/c1-5-16(6-2)14(17)10-15-12-7-8-18-13(9-12)11(3)4/h11-13,15H,5-10H2,1-4H3. The molecule has 1 N–H and O–H groups in total. The predicted octanol–water partition coefficient (Wildman–Crippen LogP) is 1.65. The molecule has 4 heteroatoms. The van der Waals surface area contributed by atoms with Gasteiger partial charge in [0.2, 0.25) is 5.91 Å². The Morgan fingerprint density at radius 2 is 2.06 bits per heavy atom. The third kappa shape index (κ3) is 4.58. The Balaban J connectivity index is 2.32. The number of carbonyl (C=O) groups excluding carboxylic acids is 1. The first kappa shape index (κ1) is 15.4. The molecule has 0 aromatic rings. The van der Waals surface area contributed by atoms with Crippen LogP contribution in [0.3, 0.4) is 0 Å². The van der Waals surface area contributed by atoms with Crippen LogP contribution in [0, 0.1) is 5.92 Å². The molecule has 1 amide bonds. The first-order chi connectivity index (χ1) is 8.58. The Morgan fingerprint density at radius 3 is 2.61 bits per heavy atom. The van der Waals surface area contributed by atoms with Gasteiger partial charge in [-0.25, -0.2) is 0 Å². The van der Waals surface area contributed by atoms with E-state index in [1.807, 2.05) is 18.7 Å². The summed E-state index contributed by atoms with van der Waals surface area (Å²) in [5.74, 6) is 0.751. The molecule has 1 aliphatic rings. The molecule has 1 heterocycles. The molecule has 1 saturated heterocycles. The molecule has 2 unspecified atom stereocenters. The largest absolute Gasteiger partial charge is 0.378 e. The third-order valence-electron chi connectivity index (χ3n) is 3.72.